The van der Waals surface area contributed by atoms with Crippen LogP contribution in [-0.2, 0) is 6.42 Å². The summed E-state index contributed by atoms with van der Waals surface area (Å²) in [6.07, 6.45) is 3.32. The second-order valence-corrected chi connectivity index (χ2v) is 4.49. The maximum Gasteiger partial charge on any atom is 0.224 e. The van der Waals surface area contributed by atoms with E-state index in [1.807, 2.05) is 31.2 Å². The van der Waals surface area contributed by atoms with Gasteiger partial charge in [-0.15, -0.1) is 0 Å². The van der Waals surface area contributed by atoms with Crippen molar-refractivity contribution in [3.05, 3.63) is 41.8 Å². The van der Waals surface area contributed by atoms with Gasteiger partial charge in [0.15, 0.2) is 11.6 Å². The Morgan fingerprint density at radius 2 is 1.90 bits per heavy atom. The lowest BCUT2D eigenvalue weighted by atomic mass is 10.1. The molecule has 2 aromatic rings. The quantitative estimate of drug-likeness (QED) is 0.842. The van der Waals surface area contributed by atoms with Crippen molar-refractivity contribution >= 4 is 17.5 Å². The van der Waals surface area contributed by atoms with Gasteiger partial charge in [-0.1, -0.05) is 25.5 Å². The first-order valence-electron chi connectivity index (χ1n) is 6.85. The highest BCUT2D eigenvalue weighted by atomic mass is 19.1. The molecule has 1 heterocycles. The third-order valence-corrected chi connectivity index (χ3v) is 2.83. The van der Waals surface area contributed by atoms with E-state index >= 15 is 0 Å². The minimum Gasteiger partial charge on any atom is -0.354 e. The van der Waals surface area contributed by atoms with E-state index in [1.54, 1.807) is 0 Å². The fraction of sp³-hybridized carbons (Fsp3) is 0.333. The zero-order valence-corrected chi connectivity index (χ0v) is 11.8. The molecule has 0 bridgehead atoms. The topological polar surface area (TPSA) is 49.8 Å². The number of aromatic nitrogens is 2. The van der Waals surface area contributed by atoms with E-state index in [9.17, 15) is 4.39 Å². The van der Waals surface area contributed by atoms with E-state index in [2.05, 4.69) is 27.5 Å². The maximum atomic E-state index is 13.7. The van der Waals surface area contributed by atoms with Gasteiger partial charge in [-0.05, 0) is 31.0 Å². The first-order chi connectivity index (χ1) is 9.72. The van der Waals surface area contributed by atoms with Crippen molar-refractivity contribution in [1.82, 2.24) is 9.97 Å². The van der Waals surface area contributed by atoms with Crippen LogP contribution in [0.4, 0.5) is 21.8 Å². The Hall–Kier alpha value is -2.17. The summed E-state index contributed by atoms with van der Waals surface area (Å²) in [4.78, 5) is 7.98. The average molecular weight is 274 g/mol. The van der Waals surface area contributed by atoms with Gasteiger partial charge in [-0.25, -0.2) is 9.37 Å². The van der Waals surface area contributed by atoms with Gasteiger partial charge in [0.2, 0.25) is 5.95 Å². The lowest BCUT2D eigenvalue weighted by Crippen LogP contribution is -2.05. The predicted molar refractivity (Wildman–Crippen MR) is 79.9 cm³/mol. The lowest BCUT2D eigenvalue weighted by Gasteiger charge is -2.09. The summed E-state index contributed by atoms with van der Waals surface area (Å²) >= 11 is 0. The van der Waals surface area contributed by atoms with Gasteiger partial charge in [-0.3, -0.25) is 0 Å². The number of benzene rings is 1. The molecule has 1 aromatic heterocycles. The normalized spacial score (nSPS) is 10.3. The van der Waals surface area contributed by atoms with E-state index < -0.39 is 5.82 Å². The molecule has 20 heavy (non-hydrogen) atoms. The molecule has 0 fully saturated rings. The molecule has 4 nitrogen and oxygen atoms in total. The van der Waals surface area contributed by atoms with Gasteiger partial charge in [-0.2, -0.15) is 4.98 Å². The van der Waals surface area contributed by atoms with E-state index in [4.69, 9.17) is 0 Å². The van der Waals surface area contributed by atoms with Crippen LogP contribution < -0.4 is 10.6 Å². The summed E-state index contributed by atoms with van der Waals surface area (Å²) in [5.41, 5.74) is 2.08. The summed E-state index contributed by atoms with van der Waals surface area (Å²) in [7, 11) is 0. The molecule has 0 aliphatic rings. The van der Waals surface area contributed by atoms with Crippen LogP contribution in [0.25, 0.3) is 0 Å². The Bertz CT molecular complexity index is 554. The Morgan fingerprint density at radius 3 is 2.55 bits per heavy atom. The van der Waals surface area contributed by atoms with Crippen molar-refractivity contribution in [3.8, 4) is 0 Å². The van der Waals surface area contributed by atoms with Crippen LogP contribution >= 0.6 is 0 Å². The van der Waals surface area contributed by atoms with E-state index in [0.29, 0.717) is 12.5 Å². The van der Waals surface area contributed by atoms with Crippen LogP contribution in [0.3, 0.4) is 0 Å². The molecular formula is C15H19FN4. The molecule has 1 aromatic carbocycles. The Balaban J connectivity index is 2.14. The molecule has 0 unspecified atom stereocenters. The first-order valence-corrected chi connectivity index (χ1v) is 6.85. The molecule has 5 heteroatoms. The van der Waals surface area contributed by atoms with Crippen molar-refractivity contribution < 1.29 is 4.39 Å². The SMILES string of the molecule is CCCc1ccc(Nc2nc(NCC)ncc2F)cc1. The van der Waals surface area contributed by atoms with E-state index in [1.165, 1.54) is 11.8 Å². The minimum absolute atomic E-state index is 0.180. The van der Waals surface area contributed by atoms with Crippen molar-refractivity contribution in [3.63, 3.8) is 0 Å². The molecule has 0 aliphatic carbocycles. The molecule has 0 amide bonds. The molecule has 0 radical (unpaired) electrons. The fourth-order valence-electron chi connectivity index (χ4n) is 1.88. The second kappa shape index (κ2) is 6.84. The molecule has 0 aliphatic heterocycles. The number of rotatable bonds is 6. The molecule has 0 saturated carbocycles. The number of hydrogen-bond donors (Lipinski definition) is 2. The van der Waals surface area contributed by atoms with Crippen molar-refractivity contribution in [2.24, 2.45) is 0 Å². The van der Waals surface area contributed by atoms with E-state index in [0.717, 1.165) is 18.5 Å². The summed E-state index contributed by atoms with van der Waals surface area (Å²) < 4.78 is 13.7. The number of anilines is 3. The zero-order chi connectivity index (χ0) is 14.4. The average Bonchev–Trinajstić information content (AvgIpc) is 2.45. The number of hydrogen-bond acceptors (Lipinski definition) is 4. The Labute approximate surface area is 118 Å². The second-order valence-electron chi connectivity index (χ2n) is 4.49. The highest BCUT2D eigenvalue weighted by Crippen LogP contribution is 2.19. The highest BCUT2D eigenvalue weighted by Gasteiger charge is 2.06. The third-order valence-electron chi connectivity index (χ3n) is 2.83. The van der Waals surface area contributed by atoms with Gasteiger partial charge in [0.1, 0.15) is 0 Å². The predicted octanol–water partition coefficient (Wildman–Crippen LogP) is 3.74. The van der Waals surface area contributed by atoms with Crippen LogP contribution in [-0.4, -0.2) is 16.5 Å². The van der Waals surface area contributed by atoms with Crippen molar-refractivity contribution in [2.45, 2.75) is 26.7 Å². The van der Waals surface area contributed by atoms with Gasteiger partial charge >= 0.3 is 0 Å². The van der Waals surface area contributed by atoms with Crippen molar-refractivity contribution in [2.75, 3.05) is 17.2 Å². The summed E-state index contributed by atoms with van der Waals surface area (Å²) in [6.45, 7) is 4.77. The van der Waals surface area contributed by atoms with Crippen LogP contribution in [0.1, 0.15) is 25.8 Å². The summed E-state index contributed by atoms with van der Waals surface area (Å²) in [5.74, 6) is 0.127. The van der Waals surface area contributed by atoms with Gasteiger partial charge in [0, 0.05) is 12.2 Å². The molecule has 106 valence electrons. The monoisotopic (exact) mass is 274 g/mol. The lowest BCUT2D eigenvalue weighted by molar-refractivity contribution is 0.619. The first kappa shape index (κ1) is 14.2. The molecular weight excluding hydrogens is 255 g/mol. The fourth-order valence-corrected chi connectivity index (χ4v) is 1.88. The minimum atomic E-state index is -0.468. The maximum absolute atomic E-state index is 13.7. The third kappa shape index (κ3) is 3.66. The van der Waals surface area contributed by atoms with Gasteiger partial charge in [0.05, 0.1) is 6.20 Å². The van der Waals surface area contributed by atoms with E-state index in [-0.39, 0.29) is 5.82 Å². The number of aryl methyl sites for hydroxylation is 1. The molecule has 0 spiro atoms. The molecule has 2 N–H and O–H groups in total. The van der Waals surface area contributed by atoms with Crippen LogP contribution in [0.15, 0.2) is 30.5 Å². The molecule has 2 rings (SSSR count). The number of nitrogens with one attached hydrogen (secondary N) is 2. The van der Waals surface area contributed by atoms with Crippen LogP contribution in [0, 0.1) is 5.82 Å². The Morgan fingerprint density at radius 1 is 1.15 bits per heavy atom. The Kier molecular flexibility index (Phi) is 4.87. The number of halogens is 1. The standard InChI is InChI=1S/C15H19FN4/c1-3-5-11-6-8-12(9-7-11)19-14-13(16)10-18-15(20-14)17-4-2/h6-10H,3-5H2,1-2H3,(H2,17,18,19,20). The number of nitrogens with zero attached hydrogens (tertiary/aromatic N) is 2. The summed E-state index contributed by atoms with van der Waals surface area (Å²) in [5, 5.41) is 5.93. The summed E-state index contributed by atoms with van der Waals surface area (Å²) in [6, 6.07) is 7.94. The van der Waals surface area contributed by atoms with Crippen LogP contribution in [0.2, 0.25) is 0 Å². The van der Waals surface area contributed by atoms with Crippen molar-refractivity contribution in [1.29, 1.82) is 0 Å². The van der Waals surface area contributed by atoms with Crippen LogP contribution in [0.5, 0.6) is 0 Å². The smallest absolute Gasteiger partial charge is 0.224 e. The highest BCUT2D eigenvalue weighted by molar-refractivity contribution is 5.57. The van der Waals surface area contributed by atoms with Gasteiger partial charge < -0.3 is 10.6 Å². The van der Waals surface area contributed by atoms with Gasteiger partial charge in [0.25, 0.3) is 0 Å². The largest absolute Gasteiger partial charge is 0.354 e. The zero-order valence-electron chi connectivity index (χ0n) is 11.8. The molecule has 0 saturated heterocycles. The molecule has 0 atom stereocenters.